The Kier molecular flexibility index (Phi) is 5.70. The molecule has 0 spiro atoms. The molecule has 0 aliphatic heterocycles. The van der Waals surface area contributed by atoms with Crippen molar-refractivity contribution in [3.05, 3.63) is 0 Å². The van der Waals surface area contributed by atoms with Gasteiger partial charge in [0, 0.05) is 18.5 Å². The summed E-state index contributed by atoms with van der Waals surface area (Å²) in [5, 5.41) is 2.21. The number of hydrogen-bond acceptors (Lipinski definition) is 1. The first-order valence-electron chi connectivity index (χ1n) is 4.93. The summed E-state index contributed by atoms with van der Waals surface area (Å²) in [5.41, 5.74) is 0. The Morgan fingerprint density at radius 2 is 1.41 bits per heavy atom. The summed E-state index contributed by atoms with van der Waals surface area (Å²) in [5.74, 6) is -4.42. The number of halogens is 7. The second kappa shape index (κ2) is 5.88. The molecule has 0 radical (unpaired) electrons. The Morgan fingerprint density at radius 1 is 0.941 bits per heavy atom. The van der Waals surface area contributed by atoms with Crippen LogP contribution >= 0.6 is 0 Å². The fraction of sp³-hybridized carbons (Fsp3) is 1.00. The average molecular weight is 269 g/mol. The monoisotopic (exact) mass is 269 g/mol. The molecule has 1 unspecified atom stereocenters. The van der Waals surface area contributed by atoms with Crippen LogP contribution in [0.2, 0.25) is 0 Å². The molecular formula is C9H14F7N. The van der Waals surface area contributed by atoms with Crippen molar-refractivity contribution in [1.29, 1.82) is 0 Å². The standard InChI is InChI=1S/C9H14F7N/c1-5(2)17-6(4-9(14,15)16)3-8(12,13)7(10)11/h5-7,17H,3-4H2,1-2H3. The quantitative estimate of drug-likeness (QED) is 0.726. The van der Waals surface area contributed by atoms with Gasteiger partial charge in [0.15, 0.2) is 0 Å². The predicted octanol–water partition coefficient (Wildman–Crippen LogP) is 3.60. The second-order valence-corrected chi connectivity index (χ2v) is 4.10. The molecule has 8 heteroatoms. The van der Waals surface area contributed by atoms with Crippen molar-refractivity contribution in [3.63, 3.8) is 0 Å². The first-order chi connectivity index (χ1) is 7.44. The third-order valence-corrected chi connectivity index (χ3v) is 1.88. The van der Waals surface area contributed by atoms with Gasteiger partial charge in [0.2, 0.25) is 0 Å². The van der Waals surface area contributed by atoms with E-state index in [1.807, 2.05) is 0 Å². The normalized spacial score (nSPS) is 15.7. The molecule has 0 heterocycles. The van der Waals surface area contributed by atoms with Crippen LogP contribution in [0, 0.1) is 0 Å². The van der Waals surface area contributed by atoms with Gasteiger partial charge < -0.3 is 5.32 Å². The summed E-state index contributed by atoms with van der Waals surface area (Å²) in [4.78, 5) is 0. The van der Waals surface area contributed by atoms with Crippen molar-refractivity contribution >= 4 is 0 Å². The number of alkyl halides is 7. The van der Waals surface area contributed by atoms with Crippen molar-refractivity contribution in [2.75, 3.05) is 0 Å². The van der Waals surface area contributed by atoms with Gasteiger partial charge in [-0.3, -0.25) is 0 Å². The molecule has 0 fully saturated rings. The maximum Gasteiger partial charge on any atom is 0.390 e. The molecule has 1 atom stereocenters. The molecule has 0 rings (SSSR count). The van der Waals surface area contributed by atoms with E-state index in [9.17, 15) is 30.7 Å². The van der Waals surface area contributed by atoms with E-state index >= 15 is 0 Å². The molecule has 0 aliphatic carbocycles. The van der Waals surface area contributed by atoms with E-state index < -0.39 is 43.4 Å². The molecule has 0 saturated carbocycles. The van der Waals surface area contributed by atoms with Crippen molar-refractivity contribution in [2.24, 2.45) is 0 Å². The molecule has 1 nitrogen and oxygen atoms in total. The van der Waals surface area contributed by atoms with Gasteiger partial charge in [-0.2, -0.15) is 13.2 Å². The van der Waals surface area contributed by atoms with E-state index in [0.29, 0.717) is 0 Å². The van der Waals surface area contributed by atoms with Crippen LogP contribution in [-0.4, -0.2) is 30.6 Å². The number of nitrogens with one attached hydrogen (secondary N) is 1. The lowest BCUT2D eigenvalue weighted by Crippen LogP contribution is -2.44. The van der Waals surface area contributed by atoms with Crippen molar-refractivity contribution in [3.8, 4) is 0 Å². The smallest absolute Gasteiger partial charge is 0.311 e. The first-order valence-corrected chi connectivity index (χ1v) is 4.93. The highest BCUT2D eigenvalue weighted by Crippen LogP contribution is 2.32. The Labute approximate surface area is 94.4 Å². The molecule has 0 aliphatic rings. The minimum Gasteiger partial charge on any atom is -0.311 e. The molecule has 1 N–H and O–H groups in total. The highest BCUT2D eigenvalue weighted by atomic mass is 19.4. The minimum absolute atomic E-state index is 0.504. The van der Waals surface area contributed by atoms with E-state index in [4.69, 9.17) is 0 Å². The fourth-order valence-electron chi connectivity index (χ4n) is 1.36. The van der Waals surface area contributed by atoms with Crippen molar-refractivity contribution in [2.45, 2.75) is 57.3 Å². The lowest BCUT2D eigenvalue weighted by Gasteiger charge is -2.26. The Balaban J connectivity index is 4.59. The summed E-state index contributed by atoms with van der Waals surface area (Å²) in [6.07, 6.45) is -11.7. The van der Waals surface area contributed by atoms with Gasteiger partial charge in [0.1, 0.15) is 0 Å². The Morgan fingerprint density at radius 3 is 1.71 bits per heavy atom. The number of rotatable bonds is 6. The van der Waals surface area contributed by atoms with Gasteiger partial charge in [-0.1, -0.05) is 13.8 Å². The van der Waals surface area contributed by atoms with Crippen LogP contribution in [-0.2, 0) is 0 Å². The van der Waals surface area contributed by atoms with Crippen LogP contribution in [0.5, 0.6) is 0 Å². The summed E-state index contributed by atoms with van der Waals surface area (Å²) < 4.78 is 85.3. The predicted molar refractivity (Wildman–Crippen MR) is 48.3 cm³/mol. The maximum atomic E-state index is 12.7. The van der Waals surface area contributed by atoms with Gasteiger partial charge in [-0.15, -0.1) is 0 Å². The summed E-state index contributed by atoms with van der Waals surface area (Å²) >= 11 is 0. The summed E-state index contributed by atoms with van der Waals surface area (Å²) in [7, 11) is 0. The third-order valence-electron chi connectivity index (χ3n) is 1.88. The zero-order chi connectivity index (χ0) is 13.9. The molecular weight excluding hydrogens is 255 g/mol. The van der Waals surface area contributed by atoms with E-state index in [2.05, 4.69) is 5.32 Å². The maximum absolute atomic E-state index is 12.7. The van der Waals surface area contributed by atoms with Gasteiger partial charge in [0.05, 0.1) is 6.42 Å². The lowest BCUT2D eigenvalue weighted by atomic mass is 10.0. The Bertz CT molecular complexity index is 224. The highest BCUT2D eigenvalue weighted by molar-refractivity contribution is 4.81. The molecule has 0 aromatic rings. The van der Waals surface area contributed by atoms with Gasteiger partial charge >= 0.3 is 18.5 Å². The van der Waals surface area contributed by atoms with Crippen molar-refractivity contribution < 1.29 is 30.7 Å². The van der Waals surface area contributed by atoms with Crippen LogP contribution in [0.4, 0.5) is 30.7 Å². The van der Waals surface area contributed by atoms with E-state index in [-0.39, 0.29) is 0 Å². The van der Waals surface area contributed by atoms with Gasteiger partial charge in [-0.05, 0) is 0 Å². The molecule has 0 bridgehead atoms. The molecule has 0 amide bonds. The molecule has 0 aromatic carbocycles. The SMILES string of the molecule is CC(C)NC(CC(F)(F)F)CC(F)(F)C(F)F. The average Bonchev–Trinajstić information content (AvgIpc) is 1.96. The topological polar surface area (TPSA) is 12.0 Å². The first kappa shape index (κ1) is 16.5. The fourth-order valence-corrected chi connectivity index (χ4v) is 1.36. The van der Waals surface area contributed by atoms with Crippen LogP contribution < -0.4 is 5.32 Å². The van der Waals surface area contributed by atoms with Crippen LogP contribution in [0.1, 0.15) is 26.7 Å². The van der Waals surface area contributed by atoms with E-state index in [1.165, 1.54) is 13.8 Å². The van der Waals surface area contributed by atoms with E-state index in [0.717, 1.165) is 0 Å². The third kappa shape index (κ3) is 7.40. The zero-order valence-corrected chi connectivity index (χ0v) is 9.29. The second-order valence-electron chi connectivity index (χ2n) is 4.10. The lowest BCUT2D eigenvalue weighted by molar-refractivity contribution is -0.162. The molecule has 104 valence electrons. The van der Waals surface area contributed by atoms with Crippen LogP contribution in [0.3, 0.4) is 0 Å². The van der Waals surface area contributed by atoms with Gasteiger partial charge in [-0.25, -0.2) is 17.6 Å². The molecule has 0 aromatic heterocycles. The summed E-state index contributed by atoms with van der Waals surface area (Å²) in [6, 6.07) is -2.23. The largest absolute Gasteiger partial charge is 0.390 e. The minimum atomic E-state index is -4.68. The van der Waals surface area contributed by atoms with Gasteiger partial charge in [0.25, 0.3) is 0 Å². The van der Waals surface area contributed by atoms with Crippen LogP contribution in [0.15, 0.2) is 0 Å². The molecule has 17 heavy (non-hydrogen) atoms. The Hall–Kier alpha value is -0.530. The summed E-state index contributed by atoms with van der Waals surface area (Å²) in [6.45, 7) is 2.90. The number of hydrogen-bond donors (Lipinski definition) is 1. The van der Waals surface area contributed by atoms with E-state index in [1.54, 1.807) is 0 Å². The van der Waals surface area contributed by atoms with Crippen molar-refractivity contribution in [1.82, 2.24) is 5.32 Å². The highest BCUT2D eigenvalue weighted by Gasteiger charge is 2.45. The zero-order valence-electron chi connectivity index (χ0n) is 9.29. The molecule has 0 saturated heterocycles. The van der Waals surface area contributed by atoms with Crippen LogP contribution in [0.25, 0.3) is 0 Å².